The normalized spacial score (nSPS) is 13.8. The van der Waals surface area contributed by atoms with Gasteiger partial charge in [0.1, 0.15) is 0 Å². The van der Waals surface area contributed by atoms with E-state index in [-0.39, 0.29) is 17.5 Å². The minimum Gasteiger partial charge on any atom is -0.329 e. The number of amides is 2. The monoisotopic (exact) mass is 257 g/mol. The van der Waals surface area contributed by atoms with E-state index in [1.807, 2.05) is 0 Å². The first-order valence-corrected chi connectivity index (χ1v) is 5.61. The highest BCUT2D eigenvalue weighted by Gasteiger charge is 2.38. The zero-order valence-electron chi connectivity index (χ0n) is 10.0. The number of carbonyl (C=O) groups is 3. The van der Waals surface area contributed by atoms with Gasteiger partial charge in [0.2, 0.25) is 0 Å². The molecule has 0 aromatic heterocycles. The number of hydrogen-bond donors (Lipinski definition) is 0. The van der Waals surface area contributed by atoms with Crippen LogP contribution in [0.5, 0.6) is 0 Å². The van der Waals surface area contributed by atoms with E-state index in [9.17, 15) is 14.4 Å². The fraction of sp³-hybridized carbons (Fsp3) is 0.0714. The minimum atomic E-state index is -0.687. The second kappa shape index (κ2) is 5.30. The lowest BCUT2D eigenvalue weighted by Crippen LogP contribution is -2.32. The Morgan fingerprint density at radius 3 is 2.32 bits per heavy atom. The Labute approximate surface area is 109 Å². The highest BCUT2D eigenvalue weighted by atomic mass is 16.7. The average Bonchev–Trinajstić information content (AvgIpc) is 2.65. The highest BCUT2D eigenvalue weighted by molar-refractivity contribution is 6.20. The van der Waals surface area contributed by atoms with Crippen molar-refractivity contribution >= 4 is 17.8 Å². The SMILES string of the molecule is C=C/C=C/CC(=O)ON1C(=O)c2ccccc2C1=O. The molecule has 5 nitrogen and oxygen atoms in total. The van der Waals surface area contributed by atoms with E-state index >= 15 is 0 Å². The van der Waals surface area contributed by atoms with Gasteiger partial charge in [0, 0.05) is 0 Å². The topological polar surface area (TPSA) is 63.7 Å². The summed E-state index contributed by atoms with van der Waals surface area (Å²) in [6.07, 6.45) is 4.56. The molecule has 96 valence electrons. The molecule has 0 saturated carbocycles. The summed E-state index contributed by atoms with van der Waals surface area (Å²) < 4.78 is 0. The number of carbonyl (C=O) groups excluding carboxylic acids is 3. The van der Waals surface area contributed by atoms with Crippen LogP contribution in [0.2, 0.25) is 0 Å². The van der Waals surface area contributed by atoms with Gasteiger partial charge >= 0.3 is 5.97 Å². The maximum absolute atomic E-state index is 11.9. The third-order valence-electron chi connectivity index (χ3n) is 2.51. The number of fused-ring (bicyclic) bond motifs is 1. The van der Waals surface area contributed by atoms with Crippen molar-refractivity contribution in [3.63, 3.8) is 0 Å². The van der Waals surface area contributed by atoms with E-state index in [1.165, 1.54) is 24.3 Å². The zero-order valence-corrected chi connectivity index (χ0v) is 10.0. The number of nitrogens with zero attached hydrogens (tertiary/aromatic N) is 1. The van der Waals surface area contributed by atoms with Crippen LogP contribution >= 0.6 is 0 Å². The van der Waals surface area contributed by atoms with Crippen LogP contribution in [0.1, 0.15) is 27.1 Å². The lowest BCUT2D eigenvalue weighted by atomic mass is 10.1. The average molecular weight is 257 g/mol. The van der Waals surface area contributed by atoms with Gasteiger partial charge in [0.25, 0.3) is 11.8 Å². The molecule has 0 atom stereocenters. The molecule has 0 saturated heterocycles. The van der Waals surface area contributed by atoms with Gasteiger partial charge in [-0.25, -0.2) is 4.79 Å². The molecule has 1 aromatic carbocycles. The first-order chi connectivity index (χ1) is 9.15. The molecular formula is C14H11NO4. The first-order valence-electron chi connectivity index (χ1n) is 5.61. The van der Waals surface area contributed by atoms with E-state index in [2.05, 4.69) is 6.58 Å². The third kappa shape index (κ3) is 2.44. The van der Waals surface area contributed by atoms with Gasteiger partial charge < -0.3 is 4.84 Å². The molecule has 5 heteroatoms. The summed E-state index contributed by atoms with van der Waals surface area (Å²) in [4.78, 5) is 40.0. The smallest absolute Gasteiger partial charge is 0.329 e. The van der Waals surface area contributed by atoms with Gasteiger partial charge in [-0.1, -0.05) is 42.0 Å². The van der Waals surface area contributed by atoms with Crippen molar-refractivity contribution in [1.29, 1.82) is 0 Å². The zero-order chi connectivity index (χ0) is 13.8. The Morgan fingerprint density at radius 1 is 1.21 bits per heavy atom. The molecule has 1 heterocycles. The summed E-state index contributed by atoms with van der Waals surface area (Å²) in [5.41, 5.74) is 0.476. The molecule has 1 aliphatic rings. The van der Waals surface area contributed by atoms with Crippen molar-refractivity contribution in [1.82, 2.24) is 5.06 Å². The Hall–Kier alpha value is -2.69. The van der Waals surface area contributed by atoms with Gasteiger partial charge in [-0.2, -0.15) is 0 Å². The second-order valence-electron chi connectivity index (χ2n) is 3.78. The largest absolute Gasteiger partial charge is 0.336 e. The summed E-state index contributed by atoms with van der Waals surface area (Å²) in [7, 11) is 0. The van der Waals surface area contributed by atoms with Crippen LogP contribution < -0.4 is 0 Å². The van der Waals surface area contributed by atoms with Crippen LogP contribution in [0.3, 0.4) is 0 Å². The van der Waals surface area contributed by atoms with Gasteiger partial charge in [0.05, 0.1) is 17.5 Å². The summed E-state index contributed by atoms with van der Waals surface area (Å²) >= 11 is 0. The molecule has 0 fully saturated rings. The van der Waals surface area contributed by atoms with Crippen LogP contribution in [-0.4, -0.2) is 22.8 Å². The molecule has 0 unspecified atom stereocenters. The molecular weight excluding hydrogens is 246 g/mol. The Kier molecular flexibility index (Phi) is 3.56. The van der Waals surface area contributed by atoms with E-state index in [1.54, 1.807) is 18.2 Å². The van der Waals surface area contributed by atoms with Crippen molar-refractivity contribution in [3.05, 3.63) is 60.2 Å². The lowest BCUT2D eigenvalue weighted by Gasteiger charge is -2.11. The Morgan fingerprint density at radius 2 is 1.79 bits per heavy atom. The maximum atomic E-state index is 11.9. The van der Waals surface area contributed by atoms with Crippen molar-refractivity contribution < 1.29 is 19.2 Å². The lowest BCUT2D eigenvalue weighted by molar-refractivity contribution is -0.167. The minimum absolute atomic E-state index is 0.0422. The molecule has 19 heavy (non-hydrogen) atoms. The van der Waals surface area contributed by atoms with Crippen molar-refractivity contribution in [2.45, 2.75) is 6.42 Å². The van der Waals surface area contributed by atoms with Crippen LogP contribution in [0.15, 0.2) is 49.1 Å². The van der Waals surface area contributed by atoms with Crippen molar-refractivity contribution in [2.24, 2.45) is 0 Å². The molecule has 0 spiro atoms. The second-order valence-corrected chi connectivity index (χ2v) is 3.78. The van der Waals surface area contributed by atoms with E-state index < -0.39 is 17.8 Å². The standard InChI is InChI=1S/C14H11NO4/c1-2-3-4-9-12(16)19-15-13(17)10-7-5-6-8-11(10)14(15)18/h2-8H,1,9H2/b4-3+. The summed E-state index contributed by atoms with van der Waals surface area (Å²) in [6.45, 7) is 3.45. The van der Waals surface area contributed by atoms with Crippen molar-refractivity contribution in [2.75, 3.05) is 0 Å². The highest BCUT2D eigenvalue weighted by Crippen LogP contribution is 2.22. The number of benzene rings is 1. The number of allylic oxidation sites excluding steroid dienone is 2. The Balaban J connectivity index is 2.10. The summed E-state index contributed by atoms with van der Waals surface area (Å²) in [5.74, 6) is -1.93. The summed E-state index contributed by atoms with van der Waals surface area (Å²) in [6, 6.07) is 6.31. The van der Waals surface area contributed by atoms with Crippen LogP contribution in [0.25, 0.3) is 0 Å². The quantitative estimate of drug-likeness (QED) is 0.610. The number of rotatable bonds is 4. The molecule has 1 aromatic rings. The molecule has 0 aliphatic carbocycles. The maximum Gasteiger partial charge on any atom is 0.336 e. The van der Waals surface area contributed by atoms with Crippen LogP contribution in [0, 0.1) is 0 Å². The van der Waals surface area contributed by atoms with Gasteiger partial charge in [0.15, 0.2) is 0 Å². The van der Waals surface area contributed by atoms with Gasteiger partial charge in [-0.3, -0.25) is 9.59 Å². The number of hydrogen-bond acceptors (Lipinski definition) is 4. The van der Waals surface area contributed by atoms with E-state index in [4.69, 9.17) is 4.84 Å². The van der Waals surface area contributed by atoms with Crippen LogP contribution in [-0.2, 0) is 9.63 Å². The fourth-order valence-corrected chi connectivity index (χ4v) is 1.65. The molecule has 2 rings (SSSR count). The molecule has 0 bridgehead atoms. The predicted octanol–water partition coefficient (Wildman–Crippen LogP) is 1.87. The molecule has 0 N–H and O–H groups in total. The molecule has 2 amide bonds. The molecule has 0 radical (unpaired) electrons. The van der Waals surface area contributed by atoms with Crippen molar-refractivity contribution in [3.8, 4) is 0 Å². The first kappa shape index (κ1) is 12.8. The van der Waals surface area contributed by atoms with Crippen LogP contribution in [0.4, 0.5) is 0 Å². The predicted molar refractivity (Wildman–Crippen MR) is 67.0 cm³/mol. The number of hydroxylamine groups is 2. The van der Waals surface area contributed by atoms with E-state index in [0.717, 1.165) is 0 Å². The number of imide groups is 1. The van der Waals surface area contributed by atoms with Gasteiger partial charge in [-0.05, 0) is 12.1 Å². The fourth-order valence-electron chi connectivity index (χ4n) is 1.65. The Bertz CT molecular complexity index is 554. The summed E-state index contributed by atoms with van der Waals surface area (Å²) in [5, 5.41) is 0.495. The van der Waals surface area contributed by atoms with Gasteiger partial charge in [-0.15, -0.1) is 0 Å². The molecule has 1 aliphatic heterocycles. The third-order valence-corrected chi connectivity index (χ3v) is 2.51. The van der Waals surface area contributed by atoms with E-state index in [0.29, 0.717) is 5.06 Å².